The molecule has 0 N–H and O–H groups in total. The molecular weight excluding hydrogens is 216 g/mol. The quantitative estimate of drug-likeness (QED) is 0.635. The minimum Gasteiger partial charge on any atom is -0.102 e. The second kappa shape index (κ2) is 5.86. The van der Waals surface area contributed by atoms with Crippen LogP contribution in [-0.4, -0.2) is 0 Å². The predicted octanol–water partition coefficient (Wildman–Crippen LogP) is 4.97. The molecule has 2 rings (SSSR count). The molecule has 0 fully saturated rings. The van der Waals surface area contributed by atoms with Crippen LogP contribution in [0.3, 0.4) is 0 Å². The summed E-state index contributed by atoms with van der Waals surface area (Å²) in [5, 5.41) is 0. The zero-order valence-electron chi connectivity index (χ0n) is 11.2. The van der Waals surface area contributed by atoms with Crippen LogP contribution < -0.4 is 0 Å². The minimum atomic E-state index is -0.00195. The van der Waals surface area contributed by atoms with E-state index >= 15 is 0 Å². The Hall–Kier alpha value is -1.56. The number of allylic oxidation sites excluding steroid dienone is 5. The summed E-state index contributed by atoms with van der Waals surface area (Å²) in [5.74, 6) is 0. The van der Waals surface area contributed by atoms with Gasteiger partial charge in [0.15, 0.2) is 0 Å². The van der Waals surface area contributed by atoms with Crippen LogP contribution >= 0.6 is 0 Å². The molecule has 1 aliphatic carbocycles. The second-order valence-electron chi connectivity index (χ2n) is 5.04. The van der Waals surface area contributed by atoms with Crippen molar-refractivity contribution in [2.45, 2.75) is 38.0 Å². The van der Waals surface area contributed by atoms with Crippen LogP contribution in [0.25, 0.3) is 0 Å². The van der Waals surface area contributed by atoms with Gasteiger partial charge in [-0.05, 0) is 30.4 Å². The lowest BCUT2D eigenvalue weighted by atomic mass is 9.75. The van der Waals surface area contributed by atoms with Gasteiger partial charge in [-0.2, -0.15) is 0 Å². The highest BCUT2D eigenvalue weighted by molar-refractivity contribution is 5.41. The molecule has 0 nitrogen and oxygen atoms in total. The van der Waals surface area contributed by atoms with Crippen LogP contribution in [-0.2, 0) is 11.8 Å². The molecule has 0 saturated heterocycles. The Labute approximate surface area is 111 Å². The van der Waals surface area contributed by atoms with Gasteiger partial charge >= 0.3 is 0 Å². The van der Waals surface area contributed by atoms with Crippen molar-refractivity contribution < 1.29 is 0 Å². The molecule has 0 saturated carbocycles. The summed E-state index contributed by atoms with van der Waals surface area (Å²) in [6, 6.07) is 9.05. The Morgan fingerprint density at radius 1 is 1.22 bits per heavy atom. The number of unbranched alkanes of at least 4 members (excludes halogenated alkanes) is 1. The molecule has 1 atom stereocenters. The molecule has 0 heterocycles. The van der Waals surface area contributed by atoms with Crippen molar-refractivity contribution in [3.63, 3.8) is 0 Å². The maximum absolute atomic E-state index is 4.02. The molecule has 0 radical (unpaired) electrons. The topological polar surface area (TPSA) is 0 Å². The summed E-state index contributed by atoms with van der Waals surface area (Å²) in [5.41, 5.74) is 2.78. The van der Waals surface area contributed by atoms with E-state index in [9.17, 15) is 0 Å². The molecule has 1 unspecified atom stereocenters. The molecule has 0 amide bonds. The Kier molecular flexibility index (Phi) is 4.19. The van der Waals surface area contributed by atoms with Crippen LogP contribution in [0.2, 0.25) is 0 Å². The van der Waals surface area contributed by atoms with Crippen molar-refractivity contribution in [3.8, 4) is 0 Å². The molecule has 94 valence electrons. The fraction of sp³-hybridized carbons (Fsp3) is 0.333. The lowest BCUT2D eigenvalue weighted by molar-refractivity contribution is 0.676. The lowest BCUT2D eigenvalue weighted by Crippen LogP contribution is -2.20. The number of hydrogen-bond acceptors (Lipinski definition) is 0. The molecule has 0 spiro atoms. The summed E-state index contributed by atoms with van der Waals surface area (Å²) >= 11 is 0. The van der Waals surface area contributed by atoms with E-state index in [0.29, 0.717) is 0 Å². The van der Waals surface area contributed by atoms with E-state index in [-0.39, 0.29) is 5.41 Å². The van der Waals surface area contributed by atoms with Gasteiger partial charge < -0.3 is 0 Å². The summed E-state index contributed by atoms with van der Waals surface area (Å²) in [6.45, 7) is 6.26. The Morgan fingerprint density at radius 2 is 2.00 bits per heavy atom. The number of rotatable bonds is 5. The van der Waals surface area contributed by atoms with Crippen molar-refractivity contribution in [1.29, 1.82) is 0 Å². The summed E-state index contributed by atoms with van der Waals surface area (Å²) in [6.07, 6.45) is 15.5. The van der Waals surface area contributed by atoms with E-state index in [4.69, 9.17) is 0 Å². The Morgan fingerprint density at radius 3 is 2.56 bits per heavy atom. The average molecular weight is 238 g/mol. The van der Waals surface area contributed by atoms with Gasteiger partial charge in [-0.15, -0.1) is 6.58 Å². The van der Waals surface area contributed by atoms with Crippen molar-refractivity contribution in [2.24, 2.45) is 0 Å². The monoisotopic (exact) mass is 238 g/mol. The first-order valence-electron chi connectivity index (χ1n) is 6.88. The molecule has 0 aliphatic heterocycles. The first kappa shape index (κ1) is 12.9. The number of aryl methyl sites for hydroxylation is 1. The van der Waals surface area contributed by atoms with Crippen molar-refractivity contribution in [1.82, 2.24) is 0 Å². The van der Waals surface area contributed by atoms with Gasteiger partial charge in [-0.25, -0.2) is 0 Å². The summed E-state index contributed by atoms with van der Waals surface area (Å²) < 4.78 is 0. The van der Waals surface area contributed by atoms with Crippen LogP contribution in [0.1, 0.15) is 37.3 Å². The molecule has 1 aromatic carbocycles. The van der Waals surface area contributed by atoms with Crippen molar-refractivity contribution >= 4 is 0 Å². The molecule has 1 aliphatic rings. The van der Waals surface area contributed by atoms with Crippen LogP contribution in [0.5, 0.6) is 0 Å². The van der Waals surface area contributed by atoms with E-state index in [2.05, 4.69) is 68.1 Å². The Bertz CT molecular complexity index is 447. The predicted molar refractivity (Wildman–Crippen MR) is 79.8 cm³/mol. The van der Waals surface area contributed by atoms with E-state index < -0.39 is 0 Å². The van der Waals surface area contributed by atoms with E-state index in [1.807, 2.05) is 0 Å². The van der Waals surface area contributed by atoms with Crippen molar-refractivity contribution in [3.05, 3.63) is 72.4 Å². The molecule has 0 aromatic heterocycles. The summed E-state index contributed by atoms with van der Waals surface area (Å²) in [4.78, 5) is 0. The SMILES string of the molecule is C=CC1(c2ccc(CCCC)cc2)C=CC=CC1. The van der Waals surface area contributed by atoms with Crippen LogP contribution in [0.4, 0.5) is 0 Å². The first-order chi connectivity index (χ1) is 8.80. The van der Waals surface area contributed by atoms with Gasteiger partial charge in [0.05, 0.1) is 0 Å². The van der Waals surface area contributed by atoms with Gasteiger partial charge in [-0.1, -0.05) is 68.0 Å². The highest BCUT2D eigenvalue weighted by Gasteiger charge is 2.25. The Balaban J connectivity index is 2.20. The van der Waals surface area contributed by atoms with Gasteiger partial charge in [-0.3, -0.25) is 0 Å². The third-order valence-electron chi connectivity index (χ3n) is 3.77. The molecule has 1 aromatic rings. The largest absolute Gasteiger partial charge is 0.102 e. The highest BCUT2D eigenvalue weighted by Crippen LogP contribution is 2.33. The van der Waals surface area contributed by atoms with Gasteiger partial charge in [0.2, 0.25) is 0 Å². The minimum absolute atomic E-state index is 0.00195. The van der Waals surface area contributed by atoms with E-state index in [0.717, 1.165) is 6.42 Å². The van der Waals surface area contributed by atoms with Crippen LogP contribution in [0, 0.1) is 0 Å². The standard InChI is InChI=1S/C18H22/c1-3-5-9-16-10-12-17(13-11-16)18(4-2)14-7-6-8-15-18/h4,6-8,10-14H,2-3,5,9,15H2,1H3. The van der Waals surface area contributed by atoms with E-state index in [1.54, 1.807) is 0 Å². The summed E-state index contributed by atoms with van der Waals surface area (Å²) in [7, 11) is 0. The van der Waals surface area contributed by atoms with Gasteiger partial charge in [0.25, 0.3) is 0 Å². The fourth-order valence-electron chi connectivity index (χ4n) is 2.48. The molecule has 0 heteroatoms. The third kappa shape index (κ3) is 2.64. The van der Waals surface area contributed by atoms with Crippen LogP contribution in [0.15, 0.2) is 61.2 Å². The normalized spacial score (nSPS) is 22.1. The first-order valence-corrected chi connectivity index (χ1v) is 6.88. The second-order valence-corrected chi connectivity index (χ2v) is 5.04. The molecular formula is C18H22. The lowest BCUT2D eigenvalue weighted by Gasteiger charge is -2.28. The number of hydrogen-bond donors (Lipinski definition) is 0. The zero-order valence-corrected chi connectivity index (χ0v) is 11.2. The maximum atomic E-state index is 4.02. The average Bonchev–Trinajstić information content (AvgIpc) is 2.46. The zero-order chi connectivity index (χ0) is 12.8. The molecule has 18 heavy (non-hydrogen) atoms. The van der Waals surface area contributed by atoms with E-state index in [1.165, 1.54) is 30.4 Å². The maximum Gasteiger partial charge on any atom is 0.0347 e. The molecule has 0 bridgehead atoms. The van der Waals surface area contributed by atoms with Gasteiger partial charge in [0, 0.05) is 5.41 Å². The third-order valence-corrected chi connectivity index (χ3v) is 3.77. The number of benzene rings is 1. The van der Waals surface area contributed by atoms with Crippen molar-refractivity contribution in [2.75, 3.05) is 0 Å². The van der Waals surface area contributed by atoms with Gasteiger partial charge in [0.1, 0.15) is 0 Å². The highest BCUT2D eigenvalue weighted by atomic mass is 14.3. The fourth-order valence-corrected chi connectivity index (χ4v) is 2.48. The smallest absolute Gasteiger partial charge is 0.0347 e.